The third kappa shape index (κ3) is 3.65. The molecule has 0 bridgehead atoms. The summed E-state index contributed by atoms with van der Waals surface area (Å²) in [6.07, 6.45) is 3.52. The van der Waals surface area contributed by atoms with Crippen LogP contribution in [0, 0.1) is 0 Å². The van der Waals surface area contributed by atoms with Crippen molar-refractivity contribution in [2.75, 3.05) is 7.11 Å². The van der Waals surface area contributed by atoms with Gasteiger partial charge in [-0.15, -0.1) is 0 Å². The van der Waals surface area contributed by atoms with Gasteiger partial charge in [-0.2, -0.15) is 0 Å². The molecular weight excluding hydrogens is 252 g/mol. The number of carbonyl (C=O) groups is 1. The molecule has 1 aromatic heterocycles. The minimum atomic E-state index is -0.247. The molecule has 2 rings (SSSR count). The number of nitrogens with one attached hydrogen (secondary N) is 1. The summed E-state index contributed by atoms with van der Waals surface area (Å²) in [4.78, 5) is 16.3. The maximum absolute atomic E-state index is 12.2. The van der Waals surface area contributed by atoms with Gasteiger partial charge in [-0.05, 0) is 42.8 Å². The number of hydrogen-bond acceptors (Lipinski definition) is 4. The molecule has 4 nitrogen and oxygen atoms in total. The monoisotopic (exact) mass is 270 g/mol. The van der Waals surface area contributed by atoms with E-state index >= 15 is 0 Å². The molecule has 0 aliphatic rings. The standard InChI is InChI=1S/C16H18N2O2/c1-12(18-11-13-4-3-9-17-10-13)16(19)14-5-7-15(20-2)8-6-14/h3-10,12,18H,11H2,1-2H3. The SMILES string of the molecule is COc1ccc(C(=O)C(C)NCc2cccnc2)cc1. The number of nitrogens with zero attached hydrogens (tertiary/aromatic N) is 1. The van der Waals surface area contributed by atoms with Gasteiger partial charge in [-0.25, -0.2) is 0 Å². The first-order valence-corrected chi connectivity index (χ1v) is 6.51. The van der Waals surface area contributed by atoms with E-state index in [2.05, 4.69) is 10.3 Å². The molecule has 104 valence electrons. The van der Waals surface area contributed by atoms with Crippen molar-refractivity contribution >= 4 is 5.78 Å². The number of ketones is 1. The van der Waals surface area contributed by atoms with Crippen molar-refractivity contribution in [2.24, 2.45) is 0 Å². The van der Waals surface area contributed by atoms with Crippen LogP contribution in [0.5, 0.6) is 5.75 Å². The van der Waals surface area contributed by atoms with Gasteiger partial charge < -0.3 is 10.1 Å². The predicted octanol–water partition coefficient (Wildman–Crippen LogP) is 2.45. The Morgan fingerprint density at radius 1 is 1.30 bits per heavy atom. The summed E-state index contributed by atoms with van der Waals surface area (Å²) in [6.45, 7) is 2.49. The minimum Gasteiger partial charge on any atom is -0.497 e. The van der Waals surface area contributed by atoms with Crippen LogP contribution in [0.25, 0.3) is 0 Å². The van der Waals surface area contributed by atoms with E-state index in [1.54, 1.807) is 43.8 Å². The van der Waals surface area contributed by atoms with E-state index in [0.29, 0.717) is 12.1 Å². The quantitative estimate of drug-likeness (QED) is 0.819. The number of Topliss-reactive ketones (excluding diaryl/α,β-unsaturated/α-hetero) is 1. The number of ether oxygens (including phenoxy) is 1. The minimum absolute atomic E-state index is 0.0662. The van der Waals surface area contributed by atoms with Gasteiger partial charge in [0.1, 0.15) is 5.75 Å². The van der Waals surface area contributed by atoms with Gasteiger partial charge in [0.2, 0.25) is 0 Å². The summed E-state index contributed by atoms with van der Waals surface area (Å²) in [5.74, 6) is 0.814. The zero-order valence-electron chi connectivity index (χ0n) is 11.7. The van der Waals surface area contributed by atoms with E-state index in [9.17, 15) is 4.79 Å². The second-order valence-corrected chi connectivity index (χ2v) is 4.56. The Labute approximate surface area is 118 Å². The summed E-state index contributed by atoms with van der Waals surface area (Å²) in [6, 6.07) is 10.8. The van der Waals surface area contributed by atoms with Crippen molar-refractivity contribution < 1.29 is 9.53 Å². The van der Waals surface area contributed by atoms with Gasteiger partial charge in [0.15, 0.2) is 5.78 Å². The molecule has 1 N–H and O–H groups in total. The lowest BCUT2D eigenvalue weighted by molar-refractivity contribution is 0.0950. The van der Waals surface area contributed by atoms with Crippen molar-refractivity contribution in [3.8, 4) is 5.75 Å². The third-order valence-corrected chi connectivity index (χ3v) is 3.10. The fourth-order valence-corrected chi connectivity index (χ4v) is 1.87. The molecular formula is C16H18N2O2. The largest absolute Gasteiger partial charge is 0.497 e. The Hall–Kier alpha value is -2.20. The van der Waals surface area contributed by atoms with Crippen LogP contribution in [0.15, 0.2) is 48.8 Å². The maximum atomic E-state index is 12.2. The number of methoxy groups -OCH3 is 1. The normalized spacial score (nSPS) is 11.9. The number of aromatic nitrogens is 1. The van der Waals surface area contributed by atoms with Gasteiger partial charge in [-0.1, -0.05) is 6.07 Å². The van der Waals surface area contributed by atoms with E-state index in [4.69, 9.17) is 4.74 Å². The molecule has 1 unspecified atom stereocenters. The zero-order valence-corrected chi connectivity index (χ0v) is 11.7. The molecule has 0 saturated carbocycles. The molecule has 1 heterocycles. The fraction of sp³-hybridized carbons (Fsp3) is 0.250. The molecule has 0 aliphatic carbocycles. The number of benzene rings is 1. The van der Waals surface area contributed by atoms with Crippen molar-refractivity contribution in [1.29, 1.82) is 0 Å². The Morgan fingerprint density at radius 2 is 2.05 bits per heavy atom. The molecule has 1 atom stereocenters. The molecule has 0 saturated heterocycles. The van der Waals surface area contributed by atoms with E-state index in [0.717, 1.165) is 11.3 Å². The Kier molecular flexibility index (Phi) is 4.85. The van der Waals surface area contributed by atoms with Crippen molar-refractivity contribution in [3.05, 3.63) is 59.9 Å². The second kappa shape index (κ2) is 6.82. The van der Waals surface area contributed by atoms with E-state index in [1.807, 2.05) is 19.1 Å². The van der Waals surface area contributed by atoms with Crippen LogP contribution >= 0.6 is 0 Å². The highest BCUT2D eigenvalue weighted by atomic mass is 16.5. The lowest BCUT2D eigenvalue weighted by Crippen LogP contribution is -2.33. The average Bonchev–Trinajstić information content (AvgIpc) is 2.53. The highest BCUT2D eigenvalue weighted by molar-refractivity contribution is 5.99. The van der Waals surface area contributed by atoms with E-state index in [1.165, 1.54) is 0 Å². The Morgan fingerprint density at radius 3 is 2.65 bits per heavy atom. The first kappa shape index (κ1) is 14.2. The van der Waals surface area contributed by atoms with Crippen LogP contribution in [0.3, 0.4) is 0 Å². The molecule has 0 radical (unpaired) electrons. The van der Waals surface area contributed by atoms with Gasteiger partial charge in [0, 0.05) is 24.5 Å². The molecule has 0 spiro atoms. The topological polar surface area (TPSA) is 51.2 Å². The summed E-state index contributed by atoms with van der Waals surface area (Å²) in [5, 5.41) is 3.20. The van der Waals surface area contributed by atoms with Gasteiger partial charge >= 0.3 is 0 Å². The zero-order chi connectivity index (χ0) is 14.4. The highest BCUT2D eigenvalue weighted by Gasteiger charge is 2.14. The van der Waals surface area contributed by atoms with Crippen LogP contribution < -0.4 is 10.1 Å². The molecule has 1 aromatic carbocycles. The van der Waals surface area contributed by atoms with E-state index in [-0.39, 0.29) is 11.8 Å². The molecule has 4 heteroatoms. The third-order valence-electron chi connectivity index (χ3n) is 3.10. The summed E-state index contributed by atoms with van der Waals surface area (Å²) >= 11 is 0. The van der Waals surface area contributed by atoms with Crippen LogP contribution in [-0.2, 0) is 6.54 Å². The smallest absolute Gasteiger partial charge is 0.179 e. The summed E-state index contributed by atoms with van der Waals surface area (Å²) < 4.78 is 5.08. The van der Waals surface area contributed by atoms with Crippen LogP contribution in [0.2, 0.25) is 0 Å². The molecule has 0 amide bonds. The first-order valence-electron chi connectivity index (χ1n) is 6.51. The number of hydrogen-bond donors (Lipinski definition) is 1. The van der Waals surface area contributed by atoms with Crippen LogP contribution in [0.4, 0.5) is 0 Å². The van der Waals surface area contributed by atoms with Gasteiger partial charge in [0.05, 0.1) is 13.2 Å². The van der Waals surface area contributed by atoms with Gasteiger partial charge in [0.25, 0.3) is 0 Å². The highest BCUT2D eigenvalue weighted by Crippen LogP contribution is 2.13. The van der Waals surface area contributed by atoms with Crippen molar-refractivity contribution in [2.45, 2.75) is 19.5 Å². The molecule has 0 aliphatic heterocycles. The van der Waals surface area contributed by atoms with Crippen LogP contribution in [0.1, 0.15) is 22.8 Å². The maximum Gasteiger partial charge on any atom is 0.179 e. The lowest BCUT2D eigenvalue weighted by atomic mass is 10.1. The lowest BCUT2D eigenvalue weighted by Gasteiger charge is -2.13. The summed E-state index contributed by atoms with van der Waals surface area (Å²) in [5.41, 5.74) is 1.74. The van der Waals surface area contributed by atoms with Crippen molar-refractivity contribution in [3.63, 3.8) is 0 Å². The Balaban J connectivity index is 1.94. The number of carbonyl (C=O) groups excluding carboxylic acids is 1. The molecule has 0 fully saturated rings. The second-order valence-electron chi connectivity index (χ2n) is 4.56. The fourth-order valence-electron chi connectivity index (χ4n) is 1.87. The number of rotatable bonds is 6. The van der Waals surface area contributed by atoms with Crippen molar-refractivity contribution in [1.82, 2.24) is 10.3 Å². The predicted molar refractivity (Wildman–Crippen MR) is 77.9 cm³/mol. The Bertz CT molecular complexity index is 552. The average molecular weight is 270 g/mol. The van der Waals surface area contributed by atoms with Crippen LogP contribution in [-0.4, -0.2) is 23.9 Å². The number of pyridine rings is 1. The molecule has 20 heavy (non-hydrogen) atoms. The molecule has 2 aromatic rings. The summed E-state index contributed by atoms with van der Waals surface area (Å²) in [7, 11) is 1.61. The first-order chi connectivity index (χ1) is 9.70. The van der Waals surface area contributed by atoms with Gasteiger partial charge in [-0.3, -0.25) is 9.78 Å². The van der Waals surface area contributed by atoms with E-state index < -0.39 is 0 Å².